The molecule has 1 aromatic carbocycles. The number of pyridine rings is 1. The minimum Gasteiger partial charge on any atom is -0.399 e. The summed E-state index contributed by atoms with van der Waals surface area (Å²) in [5.41, 5.74) is 7.68. The normalized spacial score (nSPS) is 16.9. The van der Waals surface area contributed by atoms with E-state index in [2.05, 4.69) is 9.97 Å². The van der Waals surface area contributed by atoms with Crippen LogP contribution in [0.4, 0.5) is 15.9 Å². The third kappa shape index (κ3) is 3.46. The van der Waals surface area contributed by atoms with E-state index >= 15 is 4.39 Å². The second-order valence-corrected chi connectivity index (χ2v) is 6.69. The van der Waals surface area contributed by atoms with E-state index in [0.717, 1.165) is 5.56 Å². The monoisotopic (exact) mass is 381 g/mol. The van der Waals surface area contributed by atoms with Gasteiger partial charge in [0.05, 0.1) is 18.6 Å². The third-order valence-electron chi connectivity index (χ3n) is 4.80. The summed E-state index contributed by atoms with van der Waals surface area (Å²) in [4.78, 5) is 22.1. The van der Waals surface area contributed by atoms with Gasteiger partial charge < -0.3 is 19.9 Å². The molecule has 2 N–H and O–H groups in total. The summed E-state index contributed by atoms with van der Waals surface area (Å²) in [5.74, 6) is -0.273. The number of rotatable bonds is 3. The lowest BCUT2D eigenvalue weighted by atomic mass is 10.1. The molecule has 0 aliphatic carbocycles. The topological polar surface area (TPSA) is 86.3 Å². The Hall–Kier alpha value is -3.26. The van der Waals surface area contributed by atoms with E-state index in [9.17, 15) is 4.79 Å². The minimum absolute atomic E-state index is 0.207. The van der Waals surface area contributed by atoms with Gasteiger partial charge in [0.15, 0.2) is 11.6 Å². The lowest BCUT2D eigenvalue weighted by Gasteiger charge is -2.34. The molecule has 0 radical (unpaired) electrons. The molecule has 0 spiro atoms. The minimum atomic E-state index is -0.499. The highest BCUT2D eigenvalue weighted by atomic mass is 19.1. The van der Waals surface area contributed by atoms with Crippen molar-refractivity contribution in [3.8, 4) is 11.3 Å². The Morgan fingerprint density at radius 3 is 2.75 bits per heavy atom. The average molecular weight is 381 g/mol. The van der Waals surface area contributed by atoms with Crippen LogP contribution in [-0.2, 0) is 11.8 Å². The summed E-state index contributed by atoms with van der Waals surface area (Å²) < 4.78 is 22.4. The Labute approximate surface area is 161 Å². The Bertz CT molecular complexity index is 1050. The molecule has 0 bridgehead atoms. The molecule has 4 rings (SSSR count). The van der Waals surface area contributed by atoms with E-state index in [4.69, 9.17) is 10.5 Å². The number of nitrogens with two attached hydrogens (primary N) is 1. The van der Waals surface area contributed by atoms with E-state index in [0.29, 0.717) is 25.4 Å². The van der Waals surface area contributed by atoms with Crippen molar-refractivity contribution < 1.29 is 9.13 Å². The summed E-state index contributed by atoms with van der Waals surface area (Å²) in [5, 5.41) is 0. The molecule has 1 aliphatic heterocycles. The Morgan fingerprint density at radius 2 is 2.00 bits per heavy atom. The summed E-state index contributed by atoms with van der Waals surface area (Å²) in [6.07, 6.45) is 2.70. The molecular weight excluding hydrogens is 361 g/mol. The molecule has 8 heteroatoms. The van der Waals surface area contributed by atoms with Crippen LogP contribution in [0.15, 0.2) is 53.7 Å². The number of halogens is 1. The molecular formula is C20H20FN5O2. The van der Waals surface area contributed by atoms with E-state index in [1.54, 1.807) is 7.05 Å². The molecule has 1 atom stereocenters. The van der Waals surface area contributed by atoms with Gasteiger partial charge >= 0.3 is 0 Å². The molecule has 1 fully saturated rings. The lowest BCUT2D eigenvalue weighted by molar-refractivity contribution is 0.0393. The predicted molar refractivity (Wildman–Crippen MR) is 104 cm³/mol. The molecule has 3 aromatic rings. The standard InChI is InChI=1S/C20H20FN5O2/c1-25-12-24-16(10-18(25)27)15-6-7-23-20(19(15)21)26-8-9-28-17(11-26)13-2-4-14(22)5-3-13/h2-7,10,12,17H,8-9,11,22H2,1H3/t17-/m1/s1. The van der Waals surface area contributed by atoms with Crippen molar-refractivity contribution in [1.29, 1.82) is 0 Å². The first-order valence-corrected chi connectivity index (χ1v) is 8.92. The van der Waals surface area contributed by atoms with Crippen LogP contribution >= 0.6 is 0 Å². The summed E-state index contributed by atoms with van der Waals surface area (Å²) in [7, 11) is 1.60. The van der Waals surface area contributed by atoms with Crippen LogP contribution in [0.2, 0.25) is 0 Å². The Morgan fingerprint density at radius 1 is 1.21 bits per heavy atom. The van der Waals surface area contributed by atoms with Crippen molar-refractivity contribution in [3.05, 3.63) is 70.7 Å². The van der Waals surface area contributed by atoms with E-state index in [1.165, 1.54) is 29.2 Å². The van der Waals surface area contributed by atoms with Gasteiger partial charge in [-0.2, -0.15) is 0 Å². The molecule has 28 heavy (non-hydrogen) atoms. The van der Waals surface area contributed by atoms with Crippen LogP contribution < -0.4 is 16.2 Å². The van der Waals surface area contributed by atoms with Gasteiger partial charge in [-0.25, -0.2) is 14.4 Å². The Kier molecular flexibility index (Phi) is 4.79. The summed E-state index contributed by atoms with van der Waals surface area (Å²) in [6, 6.07) is 10.3. The highest BCUT2D eigenvalue weighted by Gasteiger charge is 2.26. The van der Waals surface area contributed by atoms with Crippen molar-refractivity contribution in [3.63, 3.8) is 0 Å². The van der Waals surface area contributed by atoms with Crippen LogP contribution in [-0.4, -0.2) is 34.2 Å². The van der Waals surface area contributed by atoms with Gasteiger partial charge in [0.1, 0.15) is 6.10 Å². The van der Waals surface area contributed by atoms with Crippen LogP contribution in [0.5, 0.6) is 0 Å². The van der Waals surface area contributed by atoms with E-state index in [1.807, 2.05) is 29.2 Å². The number of aryl methyl sites for hydroxylation is 1. The summed E-state index contributed by atoms with van der Waals surface area (Å²) >= 11 is 0. The van der Waals surface area contributed by atoms with Gasteiger partial charge in [0.25, 0.3) is 5.56 Å². The van der Waals surface area contributed by atoms with Crippen molar-refractivity contribution >= 4 is 11.5 Å². The van der Waals surface area contributed by atoms with Gasteiger partial charge in [-0.1, -0.05) is 12.1 Å². The van der Waals surface area contributed by atoms with Gasteiger partial charge in [-0.05, 0) is 23.8 Å². The SMILES string of the molecule is Cn1cnc(-c2ccnc(N3CCO[C@@H](c4ccc(N)cc4)C3)c2F)cc1=O. The molecule has 0 saturated carbocycles. The maximum Gasteiger partial charge on any atom is 0.253 e. The number of benzene rings is 1. The van der Waals surface area contributed by atoms with Gasteiger partial charge in [0, 0.05) is 43.7 Å². The van der Waals surface area contributed by atoms with Crippen molar-refractivity contribution in [2.24, 2.45) is 7.05 Å². The zero-order valence-corrected chi connectivity index (χ0v) is 15.4. The van der Waals surface area contributed by atoms with Crippen molar-refractivity contribution in [1.82, 2.24) is 14.5 Å². The maximum atomic E-state index is 15.2. The fraction of sp³-hybridized carbons (Fsp3) is 0.250. The number of hydrogen-bond acceptors (Lipinski definition) is 6. The molecule has 2 aromatic heterocycles. The van der Waals surface area contributed by atoms with Gasteiger partial charge in [-0.15, -0.1) is 0 Å². The molecule has 0 unspecified atom stereocenters. The average Bonchev–Trinajstić information content (AvgIpc) is 2.71. The fourth-order valence-corrected chi connectivity index (χ4v) is 3.21. The molecule has 7 nitrogen and oxygen atoms in total. The number of nitrogens with zero attached hydrogens (tertiary/aromatic N) is 4. The smallest absolute Gasteiger partial charge is 0.253 e. The predicted octanol–water partition coefficient (Wildman–Crippen LogP) is 2.14. The van der Waals surface area contributed by atoms with Gasteiger partial charge in [0.2, 0.25) is 0 Å². The number of nitrogen functional groups attached to an aromatic ring is 1. The molecule has 1 saturated heterocycles. The molecule has 3 heterocycles. The van der Waals surface area contributed by atoms with Crippen molar-refractivity contribution in [2.75, 3.05) is 30.3 Å². The first-order chi connectivity index (χ1) is 13.5. The maximum absolute atomic E-state index is 15.2. The zero-order chi connectivity index (χ0) is 19.7. The second-order valence-electron chi connectivity index (χ2n) is 6.69. The van der Waals surface area contributed by atoms with Gasteiger partial charge in [-0.3, -0.25) is 4.79 Å². The zero-order valence-electron chi connectivity index (χ0n) is 15.4. The fourth-order valence-electron chi connectivity index (χ4n) is 3.21. The number of ether oxygens (including phenoxy) is 1. The molecule has 144 valence electrons. The highest BCUT2D eigenvalue weighted by Crippen LogP contribution is 2.30. The lowest BCUT2D eigenvalue weighted by Crippen LogP contribution is -2.39. The number of anilines is 2. The van der Waals surface area contributed by atoms with Crippen LogP contribution in [0.1, 0.15) is 11.7 Å². The first kappa shape index (κ1) is 18.1. The third-order valence-corrected chi connectivity index (χ3v) is 4.80. The van der Waals surface area contributed by atoms with E-state index in [-0.39, 0.29) is 28.7 Å². The van der Waals surface area contributed by atoms with Crippen molar-refractivity contribution in [2.45, 2.75) is 6.10 Å². The molecule has 0 amide bonds. The van der Waals surface area contributed by atoms with Crippen LogP contribution in [0, 0.1) is 5.82 Å². The van der Waals surface area contributed by atoms with Crippen LogP contribution in [0.25, 0.3) is 11.3 Å². The van der Waals surface area contributed by atoms with E-state index < -0.39 is 5.82 Å². The second kappa shape index (κ2) is 7.40. The Balaban J connectivity index is 1.64. The molecule has 1 aliphatic rings. The largest absolute Gasteiger partial charge is 0.399 e. The quantitative estimate of drug-likeness (QED) is 0.700. The summed E-state index contributed by atoms with van der Waals surface area (Å²) in [6.45, 7) is 1.43. The number of hydrogen-bond donors (Lipinski definition) is 1. The number of morpholine rings is 1. The first-order valence-electron chi connectivity index (χ1n) is 8.92. The highest BCUT2D eigenvalue weighted by molar-refractivity contribution is 5.64. The van der Waals surface area contributed by atoms with Crippen LogP contribution in [0.3, 0.4) is 0 Å². The number of aromatic nitrogens is 3.